The summed E-state index contributed by atoms with van der Waals surface area (Å²) >= 11 is 5.88. The van der Waals surface area contributed by atoms with E-state index in [0.29, 0.717) is 37.4 Å². The maximum Gasteiger partial charge on any atom is 0.308 e. The second-order valence-electron chi connectivity index (χ2n) is 4.79. The molecule has 20 heavy (non-hydrogen) atoms. The molecule has 2 rings (SSSR count). The molecule has 1 saturated heterocycles. The quantitative estimate of drug-likeness (QED) is 0.928. The number of amides is 1. The van der Waals surface area contributed by atoms with Gasteiger partial charge in [-0.15, -0.1) is 12.4 Å². The van der Waals surface area contributed by atoms with Gasteiger partial charge in [-0.2, -0.15) is 0 Å². The molecule has 0 aromatic heterocycles. The Morgan fingerprint density at radius 1 is 1.40 bits per heavy atom. The minimum absolute atomic E-state index is 0. The molecule has 1 aromatic carbocycles. The van der Waals surface area contributed by atoms with Gasteiger partial charge in [0.2, 0.25) is 5.91 Å². The molecular weight excluding hydrogens is 301 g/mol. The van der Waals surface area contributed by atoms with E-state index < -0.39 is 11.9 Å². The molecule has 0 spiro atoms. The van der Waals surface area contributed by atoms with Crippen molar-refractivity contribution in [1.29, 1.82) is 0 Å². The SMILES string of the molecule is Cl.O=C(O)C1CCN(C(=O)CCc2cccc(Cl)c2)C1. The van der Waals surface area contributed by atoms with Crippen LogP contribution in [0.25, 0.3) is 0 Å². The van der Waals surface area contributed by atoms with Crippen molar-refractivity contribution in [2.24, 2.45) is 5.92 Å². The van der Waals surface area contributed by atoms with Gasteiger partial charge in [0.25, 0.3) is 0 Å². The molecule has 1 heterocycles. The van der Waals surface area contributed by atoms with Gasteiger partial charge in [0, 0.05) is 24.5 Å². The van der Waals surface area contributed by atoms with Crippen LogP contribution < -0.4 is 0 Å². The van der Waals surface area contributed by atoms with Gasteiger partial charge in [0.15, 0.2) is 0 Å². The molecule has 1 fully saturated rings. The summed E-state index contributed by atoms with van der Waals surface area (Å²) in [7, 11) is 0. The van der Waals surface area contributed by atoms with Crippen LogP contribution in [0.4, 0.5) is 0 Å². The summed E-state index contributed by atoms with van der Waals surface area (Å²) in [4.78, 5) is 24.4. The molecule has 1 amide bonds. The summed E-state index contributed by atoms with van der Waals surface area (Å²) < 4.78 is 0. The smallest absolute Gasteiger partial charge is 0.308 e. The number of benzene rings is 1. The number of likely N-dealkylation sites (tertiary alicyclic amines) is 1. The first-order chi connectivity index (χ1) is 9.06. The molecule has 0 bridgehead atoms. The van der Waals surface area contributed by atoms with Crippen molar-refractivity contribution >= 4 is 35.9 Å². The number of aryl methyl sites for hydroxylation is 1. The second kappa shape index (κ2) is 7.50. The van der Waals surface area contributed by atoms with Gasteiger partial charge in [-0.1, -0.05) is 23.7 Å². The molecule has 0 saturated carbocycles. The summed E-state index contributed by atoms with van der Waals surface area (Å²) in [6, 6.07) is 7.44. The zero-order valence-electron chi connectivity index (χ0n) is 10.9. The Balaban J connectivity index is 0.00000200. The number of hydrogen-bond acceptors (Lipinski definition) is 2. The Morgan fingerprint density at radius 3 is 2.75 bits per heavy atom. The van der Waals surface area contributed by atoms with Crippen LogP contribution in [-0.4, -0.2) is 35.0 Å². The van der Waals surface area contributed by atoms with E-state index >= 15 is 0 Å². The van der Waals surface area contributed by atoms with Crippen LogP contribution in [-0.2, 0) is 16.0 Å². The Morgan fingerprint density at radius 2 is 2.15 bits per heavy atom. The van der Waals surface area contributed by atoms with Gasteiger partial charge in [-0.25, -0.2) is 0 Å². The number of carboxylic acid groups (broad SMARTS) is 1. The molecule has 6 heteroatoms. The zero-order chi connectivity index (χ0) is 13.8. The fraction of sp³-hybridized carbons (Fsp3) is 0.429. The summed E-state index contributed by atoms with van der Waals surface area (Å²) in [6.45, 7) is 0.884. The average molecular weight is 318 g/mol. The van der Waals surface area contributed by atoms with Gasteiger partial charge in [-0.05, 0) is 30.5 Å². The molecule has 4 nitrogen and oxygen atoms in total. The number of carbonyl (C=O) groups excluding carboxylic acids is 1. The maximum atomic E-state index is 12.0. The number of carbonyl (C=O) groups is 2. The number of carboxylic acids is 1. The third-order valence-electron chi connectivity index (χ3n) is 3.41. The van der Waals surface area contributed by atoms with Gasteiger partial charge < -0.3 is 10.0 Å². The topological polar surface area (TPSA) is 57.6 Å². The lowest BCUT2D eigenvalue weighted by Crippen LogP contribution is -2.30. The maximum absolute atomic E-state index is 12.0. The van der Waals surface area contributed by atoms with E-state index in [0.717, 1.165) is 5.56 Å². The largest absolute Gasteiger partial charge is 0.481 e. The van der Waals surface area contributed by atoms with Crippen molar-refractivity contribution < 1.29 is 14.7 Å². The number of rotatable bonds is 4. The normalized spacial score (nSPS) is 17.6. The standard InChI is InChI=1S/C14H16ClNO3.ClH/c15-12-3-1-2-10(8-12)4-5-13(17)16-7-6-11(9-16)14(18)19;/h1-3,8,11H,4-7,9H2,(H,18,19);1H. The van der Waals surface area contributed by atoms with E-state index in [2.05, 4.69) is 0 Å². The first-order valence-corrected chi connectivity index (χ1v) is 6.69. The van der Waals surface area contributed by atoms with Crippen LogP contribution in [0.3, 0.4) is 0 Å². The fourth-order valence-corrected chi connectivity index (χ4v) is 2.50. The Bertz CT molecular complexity index is 493. The van der Waals surface area contributed by atoms with E-state index in [1.807, 2.05) is 18.2 Å². The molecular formula is C14H17Cl2NO3. The summed E-state index contributed by atoms with van der Waals surface area (Å²) in [6.07, 6.45) is 1.58. The minimum Gasteiger partial charge on any atom is -0.481 e. The molecule has 1 unspecified atom stereocenters. The summed E-state index contributed by atoms with van der Waals surface area (Å²) in [5.41, 5.74) is 1.02. The second-order valence-corrected chi connectivity index (χ2v) is 5.23. The Kier molecular flexibility index (Phi) is 6.30. The first-order valence-electron chi connectivity index (χ1n) is 6.31. The molecule has 0 radical (unpaired) electrons. The molecule has 0 aliphatic carbocycles. The van der Waals surface area contributed by atoms with Gasteiger partial charge >= 0.3 is 5.97 Å². The lowest BCUT2D eigenvalue weighted by atomic mass is 10.1. The van der Waals surface area contributed by atoms with Gasteiger partial charge in [-0.3, -0.25) is 9.59 Å². The van der Waals surface area contributed by atoms with Crippen LogP contribution in [0.5, 0.6) is 0 Å². The van der Waals surface area contributed by atoms with Crippen LogP contribution in [0, 0.1) is 5.92 Å². The third-order valence-corrected chi connectivity index (χ3v) is 3.64. The van der Waals surface area contributed by atoms with Crippen molar-refractivity contribution in [1.82, 2.24) is 4.90 Å². The van der Waals surface area contributed by atoms with E-state index in [1.54, 1.807) is 11.0 Å². The molecule has 1 aromatic rings. The molecule has 1 aliphatic heterocycles. The van der Waals surface area contributed by atoms with Crippen molar-refractivity contribution in [3.05, 3.63) is 34.9 Å². The van der Waals surface area contributed by atoms with Crippen molar-refractivity contribution in [3.63, 3.8) is 0 Å². The summed E-state index contributed by atoms with van der Waals surface area (Å²) in [5.74, 6) is -1.20. The Hall–Kier alpha value is -1.26. The van der Waals surface area contributed by atoms with Crippen molar-refractivity contribution in [2.75, 3.05) is 13.1 Å². The van der Waals surface area contributed by atoms with Gasteiger partial charge in [0.05, 0.1) is 5.92 Å². The van der Waals surface area contributed by atoms with Crippen molar-refractivity contribution in [3.8, 4) is 0 Å². The zero-order valence-corrected chi connectivity index (χ0v) is 12.5. The number of hydrogen-bond donors (Lipinski definition) is 1. The minimum atomic E-state index is -0.815. The van der Waals surface area contributed by atoms with Gasteiger partial charge in [0.1, 0.15) is 0 Å². The molecule has 1 aliphatic rings. The molecule has 1 N–H and O–H groups in total. The Labute approximate surface area is 129 Å². The van der Waals surface area contributed by atoms with E-state index in [4.69, 9.17) is 16.7 Å². The fourth-order valence-electron chi connectivity index (χ4n) is 2.29. The predicted molar refractivity (Wildman–Crippen MR) is 79.3 cm³/mol. The highest BCUT2D eigenvalue weighted by Gasteiger charge is 2.30. The number of nitrogens with zero attached hydrogens (tertiary/aromatic N) is 1. The molecule has 1 atom stereocenters. The van der Waals surface area contributed by atoms with E-state index in [1.165, 1.54) is 0 Å². The highest BCUT2D eigenvalue weighted by Crippen LogP contribution is 2.18. The molecule has 110 valence electrons. The van der Waals surface area contributed by atoms with Crippen molar-refractivity contribution in [2.45, 2.75) is 19.3 Å². The lowest BCUT2D eigenvalue weighted by molar-refractivity contribution is -0.141. The van der Waals surface area contributed by atoms with Crippen LogP contribution in [0.1, 0.15) is 18.4 Å². The average Bonchev–Trinajstić information content (AvgIpc) is 2.86. The first kappa shape index (κ1) is 16.8. The number of aliphatic carboxylic acids is 1. The number of halogens is 2. The van der Waals surface area contributed by atoms with E-state index in [-0.39, 0.29) is 18.3 Å². The monoisotopic (exact) mass is 317 g/mol. The van der Waals surface area contributed by atoms with Crippen LogP contribution in [0.15, 0.2) is 24.3 Å². The lowest BCUT2D eigenvalue weighted by Gasteiger charge is -2.15. The highest BCUT2D eigenvalue weighted by atomic mass is 35.5. The van der Waals surface area contributed by atoms with Crippen LogP contribution >= 0.6 is 24.0 Å². The summed E-state index contributed by atoms with van der Waals surface area (Å²) in [5, 5.41) is 9.56. The predicted octanol–water partition coefficient (Wildman–Crippen LogP) is 2.63. The highest BCUT2D eigenvalue weighted by molar-refractivity contribution is 6.30. The van der Waals surface area contributed by atoms with E-state index in [9.17, 15) is 9.59 Å². The van der Waals surface area contributed by atoms with Crippen LogP contribution in [0.2, 0.25) is 5.02 Å². The third kappa shape index (κ3) is 4.39.